The fraction of sp³-hybridized carbons (Fsp3) is 0.519. The zero-order valence-corrected chi connectivity index (χ0v) is 24.5. The van der Waals surface area contributed by atoms with Gasteiger partial charge >= 0.3 is 0 Å². The first kappa shape index (κ1) is 29.7. The van der Waals surface area contributed by atoms with E-state index in [0.717, 1.165) is 0 Å². The number of carbonyl (C=O) groups excluding carboxylic acids is 1. The third kappa shape index (κ3) is 6.57. The molecule has 0 aliphatic carbocycles. The van der Waals surface area contributed by atoms with Gasteiger partial charge in [0.25, 0.3) is 0 Å². The molecule has 2 aromatic carbocycles. The van der Waals surface area contributed by atoms with Crippen molar-refractivity contribution in [3.8, 4) is 17.2 Å². The Morgan fingerprint density at radius 2 is 1.74 bits per heavy atom. The minimum atomic E-state index is -4.11. The van der Waals surface area contributed by atoms with Gasteiger partial charge in [-0.1, -0.05) is 23.2 Å². The van der Waals surface area contributed by atoms with Crippen molar-refractivity contribution < 1.29 is 32.5 Å². The molecule has 1 N–H and O–H groups in total. The predicted molar refractivity (Wildman–Crippen MR) is 148 cm³/mol. The number of piperidine rings is 1. The molecule has 4 rings (SSSR count). The third-order valence-electron chi connectivity index (χ3n) is 7.25. The number of carbonyl (C=O) groups is 1. The second-order valence-electron chi connectivity index (χ2n) is 9.95. The number of aliphatic hydroxyl groups is 1. The molecule has 2 aromatic rings. The predicted octanol–water partition coefficient (Wildman–Crippen LogP) is 4.23. The van der Waals surface area contributed by atoms with E-state index in [-0.39, 0.29) is 39.9 Å². The molecule has 2 saturated heterocycles. The molecule has 4 atom stereocenters. The minimum absolute atomic E-state index is 0.0502. The number of methoxy groups -OCH3 is 2. The van der Waals surface area contributed by atoms with Crippen LogP contribution in [0.1, 0.15) is 32.6 Å². The van der Waals surface area contributed by atoms with E-state index in [1.807, 2.05) is 0 Å². The Hall–Kier alpha value is -2.24. The molecule has 2 heterocycles. The highest BCUT2D eigenvalue weighted by atomic mass is 35.5. The lowest BCUT2D eigenvalue weighted by Crippen LogP contribution is -2.55. The van der Waals surface area contributed by atoms with Gasteiger partial charge in [0.15, 0.2) is 11.5 Å². The Balaban J connectivity index is 1.61. The van der Waals surface area contributed by atoms with Crippen molar-refractivity contribution in [3.05, 3.63) is 46.4 Å². The molecular formula is C27H34Cl2N2O7S. The highest BCUT2D eigenvalue weighted by Gasteiger charge is 2.50. The van der Waals surface area contributed by atoms with Crippen molar-refractivity contribution in [2.24, 2.45) is 5.92 Å². The Kier molecular flexibility index (Phi) is 9.54. The second kappa shape index (κ2) is 12.5. The molecule has 0 aromatic heterocycles. The molecule has 2 unspecified atom stereocenters. The quantitative estimate of drug-likeness (QED) is 0.435. The van der Waals surface area contributed by atoms with Gasteiger partial charge in [0.1, 0.15) is 18.4 Å². The van der Waals surface area contributed by atoms with Crippen LogP contribution in [0.3, 0.4) is 0 Å². The summed E-state index contributed by atoms with van der Waals surface area (Å²) in [6.07, 6.45) is 1.37. The van der Waals surface area contributed by atoms with Crippen molar-refractivity contribution in [1.82, 2.24) is 9.21 Å². The third-order valence-corrected chi connectivity index (χ3v) is 9.60. The fourth-order valence-corrected chi connectivity index (χ4v) is 8.20. The maximum absolute atomic E-state index is 14.0. The summed E-state index contributed by atoms with van der Waals surface area (Å²) in [6.45, 7) is 2.43. The van der Waals surface area contributed by atoms with E-state index >= 15 is 0 Å². The van der Waals surface area contributed by atoms with Gasteiger partial charge in [-0.25, -0.2) is 8.42 Å². The first-order chi connectivity index (χ1) is 18.5. The monoisotopic (exact) mass is 600 g/mol. The Labute approximate surface area is 239 Å². The Morgan fingerprint density at radius 1 is 1.05 bits per heavy atom. The number of rotatable bonds is 10. The maximum atomic E-state index is 14.0. The van der Waals surface area contributed by atoms with Gasteiger partial charge in [-0.05, 0) is 68.9 Å². The summed E-state index contributed by atoms with van der Waals surface area (Å²) in [7, 11) is -1.03. The molecule has 2 bridgehead atoms. The van der Waals surface area contributed by atoms with Crippen molar-refractivity contribution in [2.75, 3.05) is 33.9 Å². The fourth-order valence-electron chi connectivity index (χ4n) is 5.58. The molecule has 0 radical (unpaired) electrons. The van der Waals surface area contributed by atoms with Crippen LogP contribution in [0, 0.1) is 5.92 Å². The standard InChI is InChI=1S/C27H34Cl2N2O7S/c1-17(32)11-18-16-30(9-10-38-21-7-8-25(36-2)26(15-21)37-3)27(33)24-6-4-5-23(18)31(24)39(34,35)22-13-19(28)12-20(29)14-22/h7-8,12-15,17-18,23-24,32H,4-6,9-11,16H2,1-3H3/t17-,18+,23?,24?/m1/s1. The van der Waals surface area contributed by atoms with Crippen molar-refractivity contribution >= 4 is 39.1 Å². The highest BCUT2D eigenvalue weighted by Crippen LogP contribution is 2.39. The number of benzene rings is 2. The van der Waals surface area contributed by atoms with Gasteiger partial charge in [0.2, 0.25) is 15.9 Å². The Bertz CT molecular complexity index is 1270. The van der Waals surface area contributed by atoms with Crippen LogP contribution in [-0.4, -0.2) is 80.7 Å². The first-order valence-electron chi connectivity index (χ1n) is 12.9. The Morgan fingerprint density at radius 3 is 2.38 bits per heavy atom. The zero-order valence-electron chi connectivity index (χ0n) is 22.2. The number of hydrogen-bond donors (Lipinski definition) is 1. The van der Waals surface area contributed by atoms with Gasteiger partial charge in [0.05, 0.1) is 31.8 Å². The number of hydrogen-bond acceptors (Lipinski definition) is 7. The number of halogens is 2. The van der Waals surface area contributed by atoms with E-state index in [1.165, 1.54) is 29.6 Å². The van der Waals surface area contributed by atoms with E-state index in [9.17, 15) is 18.3 Å². The molecule has 9 nitrogen and oxygen atoms in total. The maximum Gasteiger partial charge on any atom is 0.244 e. The van der Waals surface area contributed by atoms with Crippen LogP contribution >= 0.6 is 23.2 Å². The number of aliphatic hydroxyl groups excluding tert-OH is 1. The van der Waals surface area contributed by atoms with E-state index in [0.29, 0.717) is 49.5 Å². The van der Waals surface area contributed by atoms with Crippen LogP contribution < -0.4 is 14.2 Å². The number of ether oxygens (including phenoxy) is 3. The second-order valence-corrected chi connectivity index (χ2v) is 12.7. The van der Waals surface area contributed by atoms with Crippen LogP contribution in [0.4, 0.5) is 0 Å². The van der Waals surface area contributed by atoms with E-state index in [4.69, 9.17) is 37.4 Å². The average Bonchev–Trinajstić information content (AvgIpc) is 2.95. The van der Waals surface area contributed by atoms with E-state index < -0.39 is 28.2 Å². The van der Waals surface area contributed by atoms with Gasteiger partial charge in [0, 0.05) is 28.7 Å². The summed E-state index contributed by atoms with van der Waals surface area (Å²) in [5.74, 6) is 1.10. The van der Waals surface area contributed by atoms with Crippen molar-refractivity contribution in [3.63, 3.8) is 0 Å². The van der Waals surface area contributed by atoms with Gasteiger partial charge in [-0.15, -0.1) is 0 Å². The van der Waals surface area contributed by atoms with Gasteiger partial charge in [-0.2, -0.15) is 4.31 Å². The van der Waals surface area contributed by atoms with Crippen LogP contribution in [0.15, 0.2) is 41.3 Å². The summed E-state index contributed by atoms with van der Waals surface area (Å²) in [5, 5.41) is 10.7. The summed E-state index contributed by atoms with van der Waals surface area (Å²) < 4.78 is 45.8. The lowest BCUT2D eigenvalue weighted by Gasteiger charge is -2.41. The molecular weight excluding hydrogens is 567 g/mol. The summed E-state index contributed by atoms with van der Waals surface area (Å²) in [6, 6.07) is 8.03. The molecule has 0 saturated carbocycles. The average molecular weight is 602 g/mol. The molecule has 1 amide bonds. The molecule has 214 valence electrons. The van der Waals surface area contributed by atoms with Gasteiger partial charge in [-0.3, -0.25) is 4.79 Å². The lowest BCUT2D eigenvalue weighted by molar-refractivity contribution is -0.135. The number of sulfonamides is 1. The van der Waals surface area contributed by atoms with E-state index in [1.54, 1.807) is 37.1 Å². The molecule has 2 aliphatic rings. The number of fused-ring (bicyclic) bond motifs is 2. The summed E-state index contributed by atoms with van der Waals surface area (Å²) in [4.78, 5) is 15.5. The minimum Gasteiger partial charge on any atom is -0.493 e. The molecule has 0 spiro atoms. The van der Waals surface area contributed by atoms with Crippen molar-refractivity contribution in [1.29, 1.82) is 0 Å². The largest absolute Gasteiger partial charge is 0.493 e. The molecule has 39 heavy (non-hydrogen) atoms. The van der Waals surface area contributed by atoms with Gasteiger partial charge < -0.3 is 24.2 Å². The van der Waals surface area contributed by atoms with Crippen LogP contribution in [0.2, 0.25) is 10.0 Å². The lowest BCUT2D eigenvalue weighted by atomic mass is 9.87. The SMILES string of the molecule is COc1ccc(OCCN2C[C@H](C[C@@H](C)O)C3CCCC(C2=O)N3S(=O)(=O)c2cc(Cl)cc(Cl)c2)cc1OC. The molecule has 12 heteroatoms. The molecule has 2 aliphatic heterocycles. The zero-order chi connectivity index (χ0) is 28.3. The number of amides is 1. The van der Waals surface area contributed by atoms with Crippen molar-refractivity contribution in [2.45, 2.75) is 55.7 Å². The highest BCUT2D eigenvalue weighted by molar-refractivity contribution is 7.89. The van der Waals surface area contributed by atoms with E-state index in [2.05, 4.69) is 0 Å². The smallest absolute Gasteiger partial charge is 0.244 e. The summed E-state index contributed by atoms with van der Waals surface area (Å²) >= 11 is 12.3. The van der Waals surface area contributed by atoms with Crippen LogP contribution in [-0.2, 0) is 14.8 Å². The van der Waals surface area contributed by atoms with Crippen LogP contribution in [0.5, 0.6) is 17.2 Å². The number of nitrogens with zero attached hydrogens (tertiary/aromatic N) is 2. The van der Waals surface area contributed by atoms with Crippen LogP contribution in [0.25, 0.3) is 0 Å². The topological polar surface area (TPSA) is 106 Å². The normalized spacial score (nSPS) is 22.8. The first-order valence-corrected chi connectivity index (χ1v) is 15.1. The summed E-state index contributed by atoms with van der Waals surface area (Å²) in [5.41, 5.74) is 0. The molecule has 2 fully saturated rings.